The summed E-state index contributed by atoms with van der Waals surface area (Å²) in [6.45, 7) is 1.41. The molecule has 0 unspecified atom stereocenters. The Morgan fingerprint density at radius 3 is 2.31 bits per heavy atom. The highest BCUT2D eigenvalue weighted by Gasteiger charge is 2.20. The minimum absolute atomic E-state index is 0.128. The maximum Gasteiger partial charge on any atom is 0.262 e. The smallest absolute Gasteiger partial charge is 0.262 e. The third-order valence-electron chi connectivity index (χ3n) is 3.44. The molecule has 0 aromatic heterocycles. The maximum absolute atomic E-state index is 12.3. The Kier molecular flexibility index (Phi) is 6.52. The van der Waals surface area contributed by atoms with E-state index in [0.717, 1.165) is 4.31 Å². The molecule has 0 aliphatic heterocycles. The van der Waals surface area contributed by atoms with Crippen molar-refractivity contribution in [3.63, 3.8) is 0 Å². The van der Waals surface area contributed by atoms with Gasteiger partial charge in [0.15, 0.2) is 6.61 Å². The van der Waals surface area contributed by atoms with Gasteiger partial charge in [-0.15, -0.1) is 0 Å². The van der Waals surface area contributed by atoms with Gasteiger partial charge in [0.2, 0.25) is 10.0 Å². The number of amides is 1. The number of anilines is 1. The van der Waals surface area contributed by atoms with E-state index in [0.29, 0.717) is 27.0 Å². The van der Waals surface area contributed by atoms with E-state index in [1.165, 1.54) is 32.3 Å². The molecule has 2 aromatic carbocycles. The van der Waals surface area contributed by atoms with Crippen molar-refractivity contribution in [3.8, 4) is 5.75 Å². The van der Waals surface area contributed by atoms with Crippen LogP contribution in [0.25, 0.3) is 0 Å². The Morgan fingerprint density at radius 2 is 1.73 bits per heavy atom. The summed E-state index contributed by atoms with van der Waals surface area (Å²) < 4.78 is 31.1. The van der Waals surface area contributed by atoms with Gasteiger partial charge in [0.1, 0.15) is 5.75 Å². The number of carbonyl (C=O) groups is 1. The molecule has 1 N–H and O–H groups in total. The number of hydrogen-bond donors (Lipinski definition) is 1. The molecule has 26 heavy (non-hydrogen) atoms. The van der Waals surface area contributed by atoms with Crippen LogP contribution in [0.2, 0.25) is 10.0 Å². The summed E-state index contributed by atoms with van der Waals surface area (Å²) >= 11 is 11.7. The number of carbonyl (C=O) groups excluding carboxylic acids is 1. The van der Waals surface area contributed by atoms with Gasteiger partial charge >= 0.3 is 0 Å². The van der Waals surface area contributed by atoms with E-state index >= 15 is 0 Å². The van der Waals surface area contributed by atoms with Gasteiger partial charge in [-0.05, 0) is 42.8 Å². The van der Waals surface area contributed by atoms with Gasteiger partial charge in [-0.25, -0.2) is 12.7 Å². The lowest BCUT2D eigenvalue weighted by Gasteiger charge is -2.15. The average Bonchev–Trinajstić information content (AvgIpc) is 2.53. The van der Waals surface area contributed by atoms with Crippen LogP contribution in [0.5, 0.6) is 5.75 Å². The van der Waals surface area contributed by atoms with Crippen molar-refractivity contribution in [1.82, 2.24) is 4.31 Å². The van der Waals surface area contributed by atoms with E-state index in [9.17, 15) is 13.2 Å². The first-order valence-electron chi connectivity index (χ1n) is 7.51. The lowest BCUT2D eigenvalue weighted by molar-refractivity contribution is -0.118. The van der Waals surface area contributed by atoms with Crippen LogP contribution >= 0.6 is 23.2 Å². The molecule has 140 valence electrons. The zero-order valence-corrected chi connectivity index (χ0v) is 16.7. The number of aryl methyl sites for hydroxylation is 1. The Bertz CT molecular complexity index is 910. The molecule has 0 spiro atoms. The Hall–Kier alpha value is -1.80. The lowest BCUT2D eigenvalue weighted by Crippen LogP contribution is -2.24. The van der Waals surface area contributed by atoms with Crippen molar-refractivity contribution < 1.29 is 17.9 Å². The molecule has 0 heterocycles. The van der Waals surface area contributed by atoms with Gasteiger partial charge in [0.25, 0.3) is 5.91 Å². The van der Waals surface area contributed by atoms with Gasteiger partial charge in [-0.1, -0.05) is 29.3 Å². The Balaban J connectivity index is 2.10. The number of rotatable bonds is 6. The topological polar surface area (TPSA) is 75.7 Å². The predicted molar refractivity (Wildman–Crippen MR) is 103 cm³/mol. The third kappa shape index (κ3) is 5.11. The van der Waals surface area contributed by atoms with E-state index < -0.39 is 15.9 Å². The molecule has 0 fully saturated rings. The van der Waals surface area contributed by atoms with Crippen LogP contribution in [0.15, 0.2) is 41.3 Å². The van der Waals surface area contributed by atoms with E-state index in [-0.39, 0.29) is 11.5 Å². The third-order valence-corrected chi connectivity index (χ3v) is 5.83. The number of sulfonamides is 1. The van der Waals surface area contributed by atoms with Crippen LogP contribution < -0.4 is 10.1 Å². The largest absolute Gasteiger partial charge is 0.484 e. The monoisotopic (exact) mass is 416 g/mol. The first kappa shape index (κ1) is 20.5. The Morgan fingerprint density at radius 1 is 1.12 bits per heavy atom. The summed E-state index contributed by atoms with van der Waals surface area (Å²) in [5, 5.41) is 3.39. The van der Waals surface area contributed by atoms with E-state index in [1.54, 1.807) is 25.1 Å². The van der Waals surface area contributed by atoms with Gasteiger partial charge in [0, 0.05) is 29.8 Å². The second kappa shape index (κ2) is 8.26. The van der Waals surface area contributed by atoms with Crippen molar-refractivity contribution in [2.75, 3.05) is 26.0 Å². The van der Waals surface area contributed by atoms with Gasteiger partial charge in [-0.3, -0.25) is 4.79 Å². The first-order valence-corrected chi connectivity index (χ1v) is 9.71. The van der Waals surface area contributed by atoms with Crippen LogP contribution in [0, 0.1) is 6.92 Å². The maximum atomic E-state index is 12.3. The van der Waals surface area contributed by atoms with Crippen molar-refractivity contribution in [2.45, 2.75) is 11.8 Å². The fraction of sp³-hybridized carbons (Fsp3) is 0.235. The number of nitrogens with one attached hydrogen (secondary N) is 1. The number of halogens is 2. The van der Waals surface area contributed by atoms with Crippen LogP contribution in [0.4, 0.5) is 5.69 Å². The molecule has 2 rings (SSSR count). The molecule has 0 aliphatic carbocycles. The SMILES string of the molecule is Cc1ccc(NC(=O)COc2cc(Cl)cc(Cl)c2)cc1S(=O)(=O)N(C)C. The molecule has 6 nitrogen and oxygen atoms in total. The second-order valence-electron chi connectivity index (χ2n) is 5.71. The zero-order valence-electron chi connectivity index (χ0n) is 14.4. The molecule has 0 bridgehead atoms. The van der Waals surface area contributed by atoms with Gasteiger partial charge in [-0.2, -0.15) is 0 Å². The fourth-order valence-electron chi connectivity index (χ4n) is 2.11. The normalized spacial score (nSPS) is 11.5. The fourth-order valence-corrected chi connectivity index (χ4v) is 3.76. The number of hydrogen-bond acceptors (Lipinski definition) is 4. The summed E-state index contributed by atoms with van der Waals surface area (Å²) in [5.74, 6) is -0.0874. The Labute approximate surface area is 162 Å². The highest BCUT2D eigenvalue weighted by atomic mass is 35.5. The summed E-state index contributed by atoms with van der Waals surface area (Å²) in [6, 6.07) is 9.29. The average molecular weight is 417 g/mol. The number of ether oxygens (including phenoxy) is 1. The van der Waals surface area contributed by atoms with E-state index in [4.69, 9.17) is 27.9 Å². The summed E-state index contributed by atoms with van der Waals surface area (Å²) in [6.07, 6.45) is 0. The van der Waals surface area contributed by atoms with Crippen molar-refractivity contribution in [1.29, 1.82) is 0 Å². The lowest BCUT2D eigenvalue weighted by atomic mass is 10.2. The van der Waals surface area contributed by atoms with Crippen molar-refractivity contribution in [2.24, 2.45) is 0 Å². The number of nitrogens with zero attached hydrogens (tertiary/aromatic N) is 1. The summed E-state index contributed by atoms with van der Waals surface area (Å²) in [4.78, 5) is 12.2. The number of benzene rings is 2. The van der Waals surface area contributed by atoms with Crippen LogP contribution in [-0.4, -0.2) is 39.3 Å². The summed E-state index contributed by atoms with van der Waals surface area (Å²) in [7, 11) is -0.712. The second-order valence-corrected chi connectivity index (χ2v) is 8.70. The molecule has 0 saturated carbocycles. The molecular weight excluding hydrogens is 399 g/mol. The highest BCUT2D eigenvalue weighted by Crippen LogP contribution is 2.25. The van der Waals surface area contributed by atoms with Crippen LogP contribution in [0.1, 0.15) is 5.56 Å². The van der Waals surface area contributed by atoms with Gasteiger partial charge in [0.05, 0.1) is 4.90 Å². The van der Waals surface area contributed by atoms with Crippen molar-refractivity contribution in [3.05, 3.63) is 52.0 Å². The molecule has 0 aliphatic rings. The quantitative estimate of drug-likeness (QED) is 0.780. The molecule has 0 radical (unpaired) electrons. The highest BCUT2D eigenvalue weighted by molar-refractivity contribution is 7.89. The zero-order chi connectivity index (χ0) is 19.5. The van der Waals surface area contributed by atoms with Crippen molar-refractivity contribution >= 4 is 44.8 Å². The molecule has 1 amide bonds. The first-order chi connectivity index (χ1) is 12.1. The van der Waals surface area contributed by atoms with Crippen LogP contribution in [0.3, 0.4) is 0 Å². The van der Waals surface area contributed by atoms with Crippen LogP contribution in [-0.2, 0) is 14.8 Å². The molecule has 9 heteroatoms. The minimum atomic E-state index is -3.61. The molecule has 0 saturated heterocycles. The van der Waals surface area contributed by atoms with E-state index in [2.05, 4.69) is 5.32 Å². The summed E-state index contributed by atoms with van der Waals surface area (Å²) in [5.41, 5.74) is 0.940. The van der Waals surface area contributed by atoms with E-state index in [1.807, 2.05) is 0 Å². The molecule has 0 atom stereocenters. The minimum Gasteiger partial charge on any atom is -0.484 e. The standard InChI is InChI=1S/C17H18Cl2N2O4S/c1-11-4-5-14(9-16(11)26(23,24)21(2)3)20-17(22)10-25-15-7-12(18)6-13(19)8-15/h4-9H,10H2,1-3H3,(H,20,22). The predicted octanol–water partition coefficient (Wildman–Crippen LogP) is 3.57. The molecular formula is C17H18Cl2N2O4S. The van der Waals surface area contributed by atoms with Gasteiger partial charge < -0.3 is 10.1 Å². The molecule has 2 aromatic rings.